The first-order valence-corrected chi connectivity index (χ1v) is 11.8. The molecule has 0 bridgehead atoms. The van der Waals surface area contributed by atoms with Crippen molar-refractivity contribution in [1.82, 2.24) is 0 Å². The lowest BCUT2D eigenvalue weighted by Gasteiger charge is -2.51. The maximum atomic E-state index is 2.61. The molecule has 0 amide bonds. The Balaban J connectivity index is 0.000000756. The highest BCUT2D eigenvalue weighted by molar-refractivity contribution is 5.62. The first-order chi connectivity index (χ1) is 13.7. The molecule has 4 aliphatic heterocycles. The van der Waals surface area contributed by atoms with Crippen molar-refractivity contribution < 1.29 is 4.48 Å². The van der Waals surface area contributed by atoms with Crippen molar-refractivity contribution >= 4 is 0 Å². The summed E-state index contributed by atoms with van der Waals surface area (Å²) in [5, 5.41) is 0. The van der Waals surface area contributed by atoms with Crippen molar-refractivity contribution in [2.75, 3.05) is 0 Å². The summed E-state index contributed by atoms with van der Waals surface area (Å²) in [7, 11) is 0. The largest absolute Gasteiger partial charge is 0.281 e. The van der Waals surface area contributed by atoms with Gasteiger partial charge in [0.1, 0.15) is 5.54 Å². The molecule has 28 heavy (non-hydrogen) atoms. The quantitative estimate of drug-likeness (QED) is 0.419. The summed E-state index contributed by atoms with van der Waals surface area (Å²) in [6.45, 7) is 9.01. The summed E-state index contributed by atoms with van der Waals surface area (Å²) in [5.74, 6) is 0.988. The van der Waals surface area contributed by atoms with E-state index < -0.39 is 0 Å². The minimum Gasteiger partial charge on any atom is -0.281 e. The molecule has 0 aromatic heterocycles. The molecule has 0 radical (unpaired) electrons. The van der Waals surface area contributed by atoms with Crippen LogP contribution in [-0.2, 0) is 16.6 Å². The van der Waals surface area contributed by atoms with Gasteiger partial charge < -0.3 is 0 Å². The molecule has 2 aromatic rings. The maximum absolute atomic E-state index is 2.61. The molecular weight excluding hydrogens is 338 g/mol. The van der Waals surface area contributed by atoms with Crippen LogP contribution in [0.4, 0.5) is 0 Å². The van der Waals surface area contributed by atoms with Crippen molar-refractivity contribution in [2.24, 2.45) is 5.92 Å². The van der Waals surface area contributed by atoms with E-state index in [1.54, 1.807) is 22.3 Å². The van der Waals surface area contributed by atoms with Crippen LogP contribution in [0.25, 0.3) is 0 Å². The first kappa shape index (κ1) is 17.3. The smallest absolute Gasteiger partial charge is 0.180 e. The highest BCUT2D eigenvalue weighted by atomic mass is 15.7. The fourth-order valence-corrected chi connectivity index (χ4v) is 8.81. The van der Waals surface area contributed by atoms with E-state index in [9.17, 15) is 0 Å². The third kappa shape index (κ3) is 1.38. The zero-order valence-corrected chi connectivity index (χ0v) is 18.0. The van der Waals surface area contributed by atoms with Crippen LogP contribution in [0.2, 0.25) is 0 Å². The SMILES string of the molecule is CC.CCC[C@]12c3ccccc3C3(C)c4ccccc4[C@]4(CC5CC5)CC1[N+]342. The van der Waals surface area contributed by atoms with Gasteiger partial charge in [-0.3, -0.25) is 4.48 Å². The van der Waals surface area contributed by atoms with Crippen LogP contribution in [0.5, 0.6) is 0 Å². The van der Waals surface area contributed by atoms with Crippen LogP contribution in [0.3, 0.4) is 0 Å². The Hall–Kier alpha value is -1.60. The minimum absolute atomic E-state index is 0.181. The lowest BCUT2D eigenvalue weighted by molar-refractivity contribution is -0.975. The number of nitrogens with zero attached hydrogens (tertiary/aromatic N) is 1. The van der Waals surface area contributed by atoms with Crippen molar-refractivity contribution in [3.8, 4) is 0 Å². The van der Waals surface area contributed by atoms with E-state index in [4.69, 9.17) is 0 Å². The highest BCUT2D eigenvalue weighted by Gasteiger charge is 3.03. The fraction of sp³-hybridized carbons (Fsp3) is 0.556. The Labute approximate surface area is 170 Å². The third-order valence-corrected chi connectivity index (χ3v) is 9.32. The van der Waals surface area contributed by atoms with Crippen LogP contribution < -0.4 is 0 Å². The lowest BCUT2D eigenvalue weighted by Crippen LogP contribution is -2.62. The summed E-state index contributed by atoms with van der Waals surface area (Å²) >= 11 is 0. The molecule has 1 spiro atoms. The van der Waals surface area contributed by atoms with Gasteiger partial charge >= 0.3 is 0 Å². The van der Waals surface area contributed by atoms with Crippen LogP contribution in [0.1, 0.15) is 88.5 Å². The van der Waals surface area contributed by atoms with Crippen molar-refractivity contribution in [3.05, 3.63) is 70.8 Å². The van der Waals surface area contributed by atoms with E-state index >= 15 is 0 Å². The predicted molar refractivity (Wildman–Crippen MR) is 115 cm³/mol. The van der Waals surface area contributed by atoms with Gasteiger partial charge in [-0.2, -0.15) is 0 Å². The summed E-state index contributed by atoms with van der Waals surface area (Å²) in [6, 6.07) is 20.0. The minimum atomic E-state index is 0.181. The highest BCUT2D eigenvalue weighted by Crippen LogP contribution is 2.91. The third-order valence-electron chi connectivity index (χ3n) is 9.32. The molecule has 146 valence electrons. The van der Waals surface area contributed by atoms with Crippen LogP contribution in [0, 0.1) is 5.92 Å². The molecule has 5 aliphatic rings. The Bertz CT molecular complexity index is 974. The van der Waals surface area contributed by atoms with Gasteiger partial charge in [0, 0.05) is 35.1 Å². The van der Waals surface area contributed by atoms with Crippen molar-refractivity contribution in [1.29, 1.82) is 0 Å². The number of hydrogen-bond donors (Lipinski definition) is 0. The monoisotopic (exact) mass is 372 g/mol. The van der Waals surface area contributed by atoms with E-state index in [1.165, 1.54) is 43.0 Å². The molecule has 0 N–H and O–H groups in total. The molecular formula is C27H34N+. The number of benzene rings is 2. The molecule has 4 heterocycles. The van der Waals surface area contributed by atoms with E-state index in [2.05, 4.69) is 62.4 Å². The summed E-state index contributed by atoms with van der Waals surface area (Å²) in [4.78, 5) is 0. The van der Waals surface area contributed by atoms with E-state index in [1.807, 2.05) is 13.8 Å². The van der Waals surface area contributed by atoms with Gasteiger partial charge in [0.2, 0.25) is 0 Å². The van der Waals surface area contributed by atoms with Crippen LogP contribution in [0.15, 0.2) is 48.5 Å². The number of hydrogen-bond acceptors (Lipinski definition) is 0. The molecule has 1 saturated carbocycles. The molecule has 3 fully saturated rings. The van der Waals surface area contributed by atoms with Gasteiger partial charge in [-0.15, -0.1) is 0 Å². The molecule has 7 rings (SSSR count). The van der Waals surface area contributed by atoms with Crippen molar-refractivity contribution in [2.45, 2.75) is 88.9 Å². The average molecular weight is 373 g/mol. The molecule has 3 unspecified atom stereocenters. The second-order valence-electron chi connectivity index (χ2n) is 9.96. The zero-order chi connectivity index (χ0) is 19.4. The Morgan fingerprint density at radius 2 is 1.46 bits per heavy atom. The molecule has 1 aliphatic carbocycles. The Kier molecular flexibility index (Phi) is 3.15. The van der Waals surface area contributed by atoms with E-state index in [0.717, 1.165) is 12.0 Å². The number of quaternary nitrogens is 1. The predicted octanol–water partition coefficient (Wildman–Crippen LogP) is 6.60. The molecule has 2 saturated heterocycles. The lowest BCUT2D eigenvalue weighted by atomic mass is 9.75. The Morgan fingerprint density at radius 1 is 0.893 bits per heavy atom. The van der Waals surface area contributed by atoms with Gasteiger partial charge in [0.05, 0.1) is 6.42 Å². The molecule has 1 nitrogen and oxygen atoms in total. The van der Waals surface area contributed by atoms with E-state index in [0.29, 0.717) is 11.1 Å². The van der Waals surface area contributed by atoms with Crippen molar-refractivity contribution in [3.63, 3.8) is 0 Å². The van der Waals surface area contributed by atoms with Gasteiger partial charge in [0.15, 0.2) is 17.1 Å². The van der Waals surface area contributed by atoms with Gasteiger partial charge in [-0.25, -0.2) is 0 Å². The average Bonchev–Trinajstić information content (AvgIpc) is 3.59. The van der Waals surface area contributed by atoms with Gasteiger partial charge in [-0.05, 0) is 32.1 Å². The molecule has 2 aromatic carbocycles. The Morgan fingerprint density at radius 3 is 2.07 bits per heavy atom. The number of rotatable bonds is 4. The maximum Gasteiger partial charge on any atom is 0.180 e. The van der Waals surface area contributed by atoms with Gasteiger partial charge in [0.25, 0.3) is 0 Å². The molecule has 5 atom stereocenters. The second-order valence-corrected chi connectivity index (χ2v) is 9.96. The zero-order valence-electron chi connectivity index (χ0n) is 18.0. The van der Waals surface area contributed by atoms with Crippen LogP contribution in [-0.4, -0.2) is 10.5 Å². The summed E-state index contributed by atoms with van der Waals surface area (Å²) in [6.07, 6.45) is 8.49. The normalized spacial score (nSPS) is 42.4. The fourth-order valence-electron chi connectivity index (χ4n) is 8.81. The first-order valence-electron chi connectivity index (χ1n) is 11.8. The standard InChI is InChI=1S/C25H28N.C2H6/c1-3-14-25-21-11-7-5-9-19(21)23(2)18-8-4-6-10-20(18)24(15-17-12-13-17)16-22(25)26(23,24)25;1-2/h4-11,17,22H,3,12-16H2,1-2H3;1-2H3/q+1;/t22?,23?,24-,25-,26?;/m0./s1. The van der Waals surface area contributed by atoms with E-state index in [-0.39, 0.29) is 5.54 Å². The summed E-state index contributed by atoms with van der Waals surface area (Å²) < 4.78 is 1.38. The molecule has 1 heteroatoms. The topological polar surface area (TPSA) is 0 Å². The van der Waals surface area contributed by atoms with Crippen LogP contribution >= 0.6 is 0 Å². The number of fused-ring (bicyclic) bond motifs is 7. The second kappa shape index (κ2) is 5.11. The summed E-state index contributed by atoms with van der Waals surface area (Å²) in [5.41, 5.74) is 7.74. The van der Waals surface area contributed by atoms with Gasteiger partial charge in [-0.1, -0.05) is 69.3 Å².